The highest BCUT2D eigenvalue weighted by Gasteiger charge is 2.18. The van der Waals surface area contributed by atoms with Gasteiger partial charge in [-0.1, -0.05) is 15.9 Å². The van der Waals surface area contributed by atoms with Gasteiger partial charge in [0.2, 0.25) is 0 Å². The molecule has 0 spiro atoms. The third-order valence-corrected chi connectivity index (χ3v) is 2.51. The number of nitrogens with zero attached hydrogens (tertiary/aromatic N) is 2. The average Bonchev–Trinajstić information content (AvgIpc) is 2.41. The molecule has 0 aliphatic carbocycles. The number of esters is 1. The topological polar surface area (TPSA) is 44.1 Å². The zero-order chi connectivity index (χ0) is 10.7. The molecule has 1 heterocycles. The molecule has 0 radical (unpaired) electrons. The van der Waals surface area contributed by atoms with Crippen molar-refractivity contribution in [3.8, 4) is 0 Å². The van der Waals surface area contributed by atoms with E-state index in [1.54, 1.807) is 18.7 Å². The van der Waals surface area contributed by atoms with Crippen molar-refractivity contribution in [2.75, 3.05) is 6.61 Å². The summed E-state index contributed by atoms with van der Waals surface area (Å²) in [5, 5.41) is 4.85. The Bertz CT molecular complexity index is 347. The summed E-state index contributed by atoms with van der Waals surface area (Å²) in [5.41, 5.74) is 2.28. The predicted octanol–water partition coefficient (Wildman–Crippen LogP) is 1.80. The van der Waals surface area contributed by atoms with Gasteiger partial charge in [-0.05, 0) is 13.8 Å². The molecule has 0 aromatic carbocycles. The van der Waals surface area contributed by atoms with E-state index in [1.807, 2.05) is 6.92 Å². The van der Waals surface area contributed by atoms with Gasteiger partial charge >= 0.3 is 5.97 Å². The first-order chi connectivity index (χ1) is 6.61. The zero-order valence-electron chi connectivity index (χ0n) is 8.50. The molecule has 0 aliphatic heterocycles. The molecule has 0 aliphatic rings. The minimum Gasteiger partial charge on any atom is -0.461 e. The van der Waals surface area contributed by atoms with E-state index in [2.05, 4.69) is 21.0 Å². The number of carbonyl (C=O) groups excluding carboxylic acids is 1. The van der Waals surface area contributed by atoms with Gasteiger partial charge in [-0.15, -0.1) is 0 Å². The number of hydrogen-bond donors (Lipinski definition) is 0. The number of alkyl halides is 1. The predicted molar refractivity (Wildman–Crippen MR) is 56.5 cm³/mol. The Balaban J connectivity index is 3.07. The van der Waals surface area contributed by atoms with Gasteiger partial charge in [-0.2, -0.15) is 5.10 Å². The Morgan fingerprint density at radius 2 is 2.29 bits per heavy atom. The van der Waals surface area contributed by atoms with Crippen molar-refractivity contribution in [2.45, 2.75) is 19.2 Å². The summed E-state index contributed by atoms with van der Waals surface area (Å²) in [6.07, 6.45) is 0. The van der Waals surface area contributed by atoms with Crippen molar-refractivity contribution in [3.05, 3.63) is 17.0 Å². The molecule has 1 aromatic rings. The number of aromatic nitrogens is 2. The Hall–Kier alpha value is -0.840. The van der Waals surface area contributed by atoms with Crippen molar-refractivity contribution in [1.29, 1.82) is 0 Å². The molecule has 1 rings (SSSR count). The number of hydrogen-bond acceptors (Lipinski definition) is 3. The molecule has 5 heteroatoms. The van der Waals surface area contributed by atoms with E-state index < -0.39 is 0 Å². The van der Waals surface area contributed by atoms with Crippen molar-refractivity contribution < 1.29 is 9.53 Å². The van der Waals surface area contributed by atoms with E-state index in [9.17, 15) is 4.79 Å². The molecule has 0 bridgehead atoms. The van der Waals surface area contributed by atoms with Crippen LogP contribution in [-0.2, 0) is 17.1 Å². The van der Waals surface area contributed by atoms with Crippen LogP contribution in [0.15, 0.2) is 0 Å². The zero-order valence-corrected chi connectivity index (χ0v) is 10.1. The molecule has 78 valence electrons. The van der Waals surface area contributed by atoms with Gasteiger partial charge in [0.25, 0.3) is 0 Å². The first-order valence-corrected chi connectivity index (χ1v) is 5.49. The maximum absolute atomic E-state index is 11.5. The van der Waals surface area contributed by atoms with E-state index in [0.29, 0.717) is 17.6 Å². The molecule has 1 aromatic heterocycles. The number of ether oxygens (including phenoxy) is 1. The average molecular weight is 261 g/mol. The third-order valence-electron chi connectivity index (χ3n) is 1.98. The lowest BCUT2D eigenvalue weighted by molar-refractivity contribution is 0.0513. The van der Waals surface area contributed by atoms with E-state index in [0.717, 1.165) is 11.3 Å². The molecular formula is C9H13BrN2O2. The summed E-state index contributed by atoms with van der Waals surface area (Å²) in [4.78, 5) is 11.5. The second kappa shape index (κ2) is 4.59. The van der Waals surface area contributed by atoms with Crippen LogP contribution in [0.4, 0.5) is 0 Å². The van der Waals surface area contributed by atoms with Crippen molar-refractivity contribution in [3.63, 3.8) is 0 Å². The number of carbonyl (C=O) groups is 1. The second-order valence-corrected chi connectivity index (χ2v) is 3.46. The monoisotopic (exact) mass is 260 g/mol. The van der Waals surface area contributed by atoms with Crippen LogP contribution in [0.3, 0.4) is 0 Å². The third kappa shape index (κ3) is 1.97. The lowest BCUT2D eigenvalue weighted by Crippen LogP contribution is -2.11. The maximum Gasteiger partial charge on any atom is 0.356 e. The lowest BCUT2D eigenvalue weighted by atomic mass is 10.2. The van der Waals surface area contributed by atoms with Crippen molar-refractivity contribution >= 4 is 21.9 Å². The summed E-state index contributed by atoms with van der Waals surface area (Å²) in [7, 11) is 1.74. The molecule has 4 nitrogen and oxygen atoms in total. The largest absolute Gasteiger partial charge is 0.461 e. The van der Waals surface area contributed by atoms with Gasteiger partial charge in [0.15, 0.2) is 0 Å². The van der Waals surface area contributed by atoms with Gasteiger partial charge in [0.1, 0.15) is 5.69 Å². The second-order valence-electron chi connectivity index (χ2n) is 2.90. The van der Waals surface area contributed by atoms with E-state index in [4.69, 9.17) is 4.74 Å². The van der Waals surface area contributed by atoms with Gasteiger partial charge in [0.05, 0.1) is 12.3 Å². The smallest absolute Gasteiger partial charge is 0.356 e. The molecule has 0 atom stereocenters. The van der Waals surface area contributed by atoms with Gasteiger partial charge in [-0.25, -0.2) is 4.79 Å². The Kier molecular flexibility index (Phi) is 3.69. The van der Waals surface area contributed by atoms with Gasteiger partial charge in [0, 0.05) is 17.9 Å². The molecule has 0 amide bonds. The highest BCUT2D eigenvalue weighted by molar-refractivity contribution is 9.08. The van der Waals surface area contributed by atoms with Crippen LogP contribution in [0.5, 0.6) is 0 Å². The molecule has 14 heavy (non-hydrogen) atoms. The standard InChI is InChI=1S/C9H13BrN2O2/c1-4-14-9(13)8-6(2)7(5-10)11-12(8)3/h4-5H2,1-3H3. The molecular weight excluding hydrogens is 248 g/mol. The Morgan fingerprint density at radius 1 is 1.64 bits per heavy atom. The molecule has 0 saturated heterocycles. The maximum atomic E-state index is 11.5. The number of halogens is 1. The summed E-state index contributed by atoms with van der Waals surface area (Å²) >= 11 is 3.32. The summed E-state index contributed by atoms with van der Waals surface area (Å²) in [5.74, 6) is -0.313. The quantitative estimate of drug-likeness (QED) is 0.615. The van der Waals surface area contributed by atoms with Gasteiger partial charge < -0.3 is 4.74 Å². The Morgan fingerprint density at radius 3 is 2.71 bits per heavy atom. The summed E-state index contributed by atoms with van der Waals surface area (Å²) < 4.78 is 6.49. The summed E-state index contributed by atoms with van der Waals surface area (Å²) in [6.45, 7) is 4.04. The molecule has 0 N–H and O–H groups in total. The van der Waals surface area contributed by atoms with Crippen LogP contribution < -0.4 is 0 Å². The van der Waals surface area contributed by atoms with Crippen molar-refractivity contribution in [1.82, 2.24) is 9.78 Å². The van der Waals surface area contributed by atoms with Crippen LogP contribution in [0.1, 0.15) is 28.7 Å². The van der Waals surface area contributed by atoms with Crippen LogP contribution in [0, 0.1) is 6.92 Å². The lowest BCUT2D eigenvalue weighted by Gasteiger charge is -2.02. The fraction of sp³-hybridized carbons (Fsp3) is 0.556. The molecule has 0 unspecified atom stereocenters. The van der Waals surface area contributed by atoms with Crippen molar-refractivity contribution in [2.24, 2.45) is 7.05 Å². The van der Waals surface area contributed by atoms with E-state index in [-0.39, 0.29) is 5.97 Å². The highest BCUT2D eigenvalue weighted by Crippen LogP contribution is 2.15. The highest BCUT2D eigenvalue weighted by atomic mass is 79.9. The first-order valence-electron chi connectivity index (χ1n) is 4.37. The minimum atomic E-state index is -0.313. The van der Waals surface area contributed by atoms with E-state index in [1.165, 1.54) is 0 Å². The first kappa shape index (κ1) is 11.2. The van der Waals surface area contributed by atoms with Gasteiger partial charge in [-0.3, -0.25) is 4.68 Å². The van der Waals surface area contributed by atoms with E-state index >= 15 is 0 Å². The van der Waals surface area contributed by atoms with Crippen LogP contribution >= 0.6 is 15.9 Å². The normalized spacial score (nSPS) is 10.3. The molecule has 0 fully saturated rings. The summed E-state index contributed by atoms with van der Waals surface area (Å²) in [6, 6.07) is 0. The minimum absolute atomic E-state index is 0.313. The number of aryl methyl sites for hydroxylation is 1. The van der Waals surface area contributed by atoms with Crippen LogP contribution in [-0.4, -0.2) is 22.4 Å². The fourth-order valence-electron chi connectivity index (χ4n) is 1.30. The number of rotatable bonds is 3. The molecule has 0 saturated carbocycles. The SMILES string of the molecule is CCOC(=O)c1c(C)c(CBr)nn1C. The Labute approximate surface area is 91.4 Å². The fourth-order valence-corrected chi connectivity index (χ4v) is 1.83. The van der Waals surface area contributed by atoms with Crippen LogP contribution in [0.2, 0.25) is 0 Å². The van der Waals surface area contributed by atoms with Crippen LogP contribution in [0.25, 0.3) is 0 Å².